The molecule has 2 aliphatic rings. The van der Waals surface area contributed by atoms with E-state index in [4.69, 9.17) is 5.73 Å². The Bertz CT molecular complexity index is 411. The number of aromatic nitrogens is 2. The van der Waals surface area contributed by atoms with E-state index in [9.17, 15) is 0 Å². The number of piperidine rings is 2. The summed E-state index contributed by atoms with van der Waals surface area (Å²) >= 11 is 0. The standard InChI is InChI=1S/C14H24N4/c1-3-13-14(9-17(2)16-13)18-11-5-4-6-12(18)8-10(15)7-11/h9-12H,3-8,15H2,1-2H3. The molecular formula is C14H24N4. The molecule has 3 heterocycles. The lowest BCUT2D eigenvalue weighted by Crippen LogP contribution is -2.55. The second kappa shape index (κ2) is 4.57. The highest BCUT2D eigenvalue weighted by atomic mass is 15.3. The van der Waals surface area contributed by atoms with Crippen LogP contribution in [0.1, 0.15) is 44.7 Å². The third-order valence-corrected chi connectivity index (χ3v) is 4.51. The number of hydrogen-bond donors (Lipinski definition) is 1. The predicted octanol–water partition coefficient (Wildman–Crippen LogP) is 1.83. The molecule has 18 heavy (non-hydrogen) atoms. The first-order valence-corrected chi connectivity index (χ1v) is 7.25. The quantitative estimate of drug-likeness (QED) is 0.868. The normalized spacial score (nSPS) is 31.7. The molecule has 2 fully saturated rings. The summed E-state index contributed by atoms with van der Waals surface area (Å²) in [4.78, 5) is 2.64. The maximum Gasteiger partial charge on any atom is 0.0855 e. The molecule has 4 nitrogen and oxygen atoms in total. The van der Waals surface area contributed by atoms with Gasteiger partial charge in [-0.2, -0.15) is 5.10 Å². The van der Waals surface area contributed by atoms with Crippen molar-refractivity contribution in [3.63, 3.8) is 0 Å². The summed E-state index contributed by atoms with van der Waals surface area (Å²) < 4.78 is 1.96. The Hall–Kier alpha value is -1.03. The first kappa shape index (κ1) is 12.0. The van der Waals surface area contributed by atoms with Crippen molar-refractivity contribution in [3.05, 3.63) is 11.9 Å². The van der Waals surface area contributed by atoms with Crippen molar-refractivity contribution in [2.24, 2.45) is 12.8 Å². The zero-order chi connectivity index (χ0) is 12.7. The van der Waals surface area contributed by atoms with Crippen LogP contribution in [-0.4, -0.2) is 27.9 Å². The first-order chi connectivity index (χ1) is 8.69. The van der Waals surface area contributed by atoms with Gasteiger partial charge >= 0.3 is 0 Å². The lowest BCUT2D eigenvalue weighted by Gasteiger charge is -2.49. The first-order valence-electron chi connectivity index (χ1n) is 7.25. The van der Waals surface area contributed by atoms with Gasteiger partial charge in [-0.1, -0.05) is 6.92 Å². The third kappa shape index (κ3) is 1.92. The fraction of sp³-hybridized carbons (Fsp3) is 0.786. The predicted molar refractivity (Wildman–Crippen MR) is 73.7 cm³/mol. The summed E-state index contributed by atoms with van der Waals surface area (Å²) in [6, 6.07) is 1.68. The second-order valence-electron chi connectivity index (χ2n) is 5.87. The van der Waals surface area contributed by atoms with Gasteiger partial charge in [0.15, 0.2) is 0 Å². The fourth-order valence-electron chi connectivity index (χ4n) is 3.81. The lowest BCUT2D eigenvalue weighted by molar-refractivity contribution is 0.271. The van der Waals surface area contributed by atoms with E-state index in [0.717, 1.165) is 19.3 Å². The van der Waals surface area contributed by atoms with Gasteiger partial charge in [0.25, 0.3) is 0 Å². The van der Waals surface area contributed by atoms with E-state index >= 15 is 0 Å². The summed E-state index contributed by atoms with van der Waals surface area (Å²) in [5.41, 5.74) is 8.80. The zero-order valence-electron chi connectivity index (χ0n) is 11.5. The van der Waals surface area contributed by atoms with Crippen LogP contribution in [-0.2, 0) is 13.5 Å². The molecule has 100 valence electrons. The maximum atomic E-state index is 6.19. The molecule has 1 aromatic rings. The highest BCUT2D eigenvalue weighted by molar-refractivity contribution is 5.52. The molecule has 0 aliphatic carbocycles. The van der Waals surface area contributed by atoms with Crippen LogP contribution in [0.2, 0.25) is 0 Å². The van der Waals surface area contributed by atoms with Crippen molar-refractivity contribution in [3.8, 4) is 0 Å². The van der Waals surface area contributed by atoms with E-state index in [2.05, 4.69) is 23.1 Å². The van der Waals surface area contributed by atoms with Gasteiger partial charge in [0, 0.05) is 31.4 Å². The molecule has 2 atom stereocenters. The molecule has 2 N–H and O–H groups in total. The van der Waals surface area contributed by atoms with Gasteiger partial charge < -0.3 is 10.6 Å². The van der Waals surface area contributed by atoms with Crippen molar-refractivity contribution < 1.29 is 0 Å². The largest absolute Gasteiger partial charge is 0.363 e. The van der Waals surface area contributed by atoms with E-state index in [-0.39, 0.29) is 0 Å². The number of nitrogens with zero attached hydrogens (tertiary/aromatic N) is 3. The molecule has 0 saturated carbocycles. The van der Waals surface area contributed by atoms with Gasteiger partial charge in [0.2, 0.25) is 0 Å². The van der Waals surface area contributed by atoms with E-state index in [1.54, 1.807) is 0 Å². The van der Waals surface area contributed by atoms with Crippen molar-refractivity contribution in [2.75, 3.05) is 4.90 Å². The number of hydrogen-bond acceptors (Lipinski definition) is 3. The molecule has 2 bridgehead atoms. The van der Waals surface area contributed by atoms with Gasteiger partial charge in [-0.25, -0.2) is 0 Å². The Balaban J connectivity index is 1.94. The Labute approximate surface area is 109 Å². The minimum absolute atomic E-state index is 0.401. The third-order valence-electron chi connectivity index (χ3n) is 4.51. The van der Waals surface area contributed by atoms with E-state index < -0.39 is 0 Å². The Morgan fingerprint density at radius 1 is 1.33 bits per heavy atom. The molecule has 2 unspecified atom stereocenters. The Kier molecular flexibility index (Phi) is 3.06. The SMILES string of the molecule is CCc1nn(C)cc1N1C2CCCC1CC(N)C2. The number of fused-ring (bicyclic) bond motifs is 2. The summed E-state index contributed by atoms with van der Waals surface area (Å²) in [7, 11) is 2.02. The fourth-order valence-corrected chi connectivity index (χ4v) is 3.81. The van der Waals surface area contributed by atoms with Crippen molar-refractivity contribution in [1.29, 1.82) is 0 Å². The smallest absolute Gasteiger partial charge is 0.0855 e. The molecular weight excluding hydrogens is 224 g/mol. The van der Waals surface area contributed by atoms with Crippen LogP contribution in [0.5, 0.6) is 0 Å². The summed E-state index contributed by atoms with van der Waals surface area (Å²) in [5, 5.41) is 4.59. The topological polar surface area (TPSA) is 47.1 Å². The summed E-state index contributed by atoms with van der Waals surface area (Å²) in [6.07, 6.45) is 9.45. The van der Waals surface area contributed by atoms with E-state index in [1.807, 2.05) is 11.7 Å². The Morgan fingerprint density at radius 3 is 2.61 bits per heavy atom. The number of rotatable bonds is 2. The molecule has 1 aromatic heterocycles. The zero-order valence-corrected chi connectivity index (χ0v) is 11.5. The highest BCUT2D eigenvalue weighted by Crippen LogP contribution is 2.38. The van der Waals surface area contributed by atoms with Crippen LogP contribution >= 0.6 is 0 Å². The molecule has 0 radical (unpaired) electrons. The monoisotopic (exact) mass is 248 g/mol. The van der Waals surface area contributed by atoms with Crippen LogP contribution < -0.4 is 10.6 Å². The van der Waals surface area contributed by atoms with Gasteiger partial charge in [0.05, 0.1) is 11.4 Å². The van der Waals surface area contributed by atoms with Crippen molar-refractivity contribution in [2.45, 2.75) is 63.6 Å². The average Bonchev–Trinajstić information content (AvgIpc) is 2.69. The van der Waals surface area contributed by atoms with Gasteiger partial charge in [-0.15, -0.1) is 0 Å². The molecule has 3 rings (SSSR count). The van der Waals surface area contributed by atoms with Crippen molar-refractivity contribution in [1.82, 2.24) is 9.78 Å². The highest BCUT2D eigenvalue weighted by Gasteiger charge is 2.38. The van der Waals surface area contributed by atoms with Gasteiger partial charge in [0.1, 0.15) is 0 Å². The molecule has 2 saturated heterocycles. The lowest BCUT2D eigenvalue weighted by atomic mass is 9.81. The molecule has 0 amide bonds. The Morgan fingerprint density at radius 2 is 2.00 bits per heavy atom. The van der Waals surface area contributed by atoms with Gasteiger partial charge in [-0.3, -0.25) is 4.68 Å². The van der Waals surface area contributed by atoms with Crippen LogP contribution in [0, 0.1) is 0 Å². The summed E-state index contributed by atoms with van der Waals surface area (Å²) in [5.74, 6) is 0. The van der Waals surface area contributed by atoms with Crippen LogP contribution in [0.4, 0.5) is 5.69 Å². The number of aryl methyl sites for hydroxylation is 2. The second-order valence-corrected chi connectivity index (χ2v) is 5.87. The number of nitrogens with two attached hydrogens (primary N) is 1. The van der Waals surface area contributed by atoms with Gasteiger partial charge in [-0.05, 0) is 38.5 Å². The molecule has 0 aromatic carbocycles. The number of anilines is 1. The maximum absolute atomic E-state index is 6.19. The van der Waals surface area contributed by atoms with E-state index in [1.165, 1.54) is 30.6 Å². The van der Waals surface area contributed by atoms with E-state index in [0.29, 0.717) is 18.1 Å². The minimum atomic E-state index is 0.401. The average molecular weight is 248 g/mol. The van der Waals surface area contributed by atoms with Crippen LogP contribution in [0.25, 0.3) is 0 Å². The summed E-state index contributed by atoms with van der Waals surface area (Å²) in [6.45, 7) is 2.19. The van der Waals surface area contributed by atoms with Crippen LogP contribution in [0.3, 0.4) is 0 Å². The van der Waals surface area contributed by atoms with Crippen LogP contribution in [0.15, 0.2) is 6.20 Å². The molecule has 0 spiro atoms. The minimum Gasteiger partial charge on any atom is -0.363 e. The molecule has 4 heteroatoms. The molecule has 2 aliphatic heterocycles. The van der Waals surface area contributed by atoms with Crippen molar-refractivity contribution >= 4 is 5.69 Å².